The summed E-state index contributed by atoms with van der Waals surface area (Å²) in [7, 11) is 1.58. The number of nitrogens with zero attached hydrogens (tertiary/aromatic N) is 2. The van der Waals surface area contributed by atoms with Crippen molar-refractivity contribution in [2.24, 2.45) is 0 Å². The normalized spacial score (nSPS) is 10.0. The summed E-state index contributed by atoms with van der Waals surface area (Å²) in [6.45, 7) is 3.72. The van der Waals surface area contributed by atoms with Crippen LogP contribution in [0.3, 0.4) is 0 Å². The summed E-state index contributed by atoms with van der Waals surface area (Å²) in [6.07, 6.45) is 1.17. The number of nitriles is 1. The van der Waals surface area contributed by atoms with Crippen LogP contribution in [-0.2, 0) is 0 Å². The van der Waals surface area contributed by atoms with Crippen molar-refractivity contribution >= 4 is 5.69 Å². The molecule has 1 aromatic carbocycles. The molecule has 0 atom stereocenters. The van der Waals surface area contributed by atoms with E-state index in [1.165, 1.54) is 6.20 Å². The number of hydrogen-bond donors (Lipinski definition) is 2. The molecular formula is C14H14N4O3. The van der Waals surface area contributed by atoms with E-state index in [1.807, 2.05) is 26.0 Å². The molecule has 2 aromatic rings. The van der Waals surface area contributed by atoms with Crippen molar-refractivity contribution in [1.29, 1.82) is 5.26 Å². The lowest BCUT2D eigenvalue weighted by atomic mass is 10.1. The Kier molecular flexibility index (Phi) is 3.80. The van der Waals surface area contributed by atoms with Crippen LogP contribution in [0.5, 0.6) is 5.75 Å². The van der Waals surface area contributed by atoms with Crippen LogP contribution in [0.25, 0.3) is 0 Å². The Hall–Kier alpha value is -3.01. The summed E-state index contributed by atoms with van der Waals surface area (Å²) in [5, 5.41) is 8.85. The predicted octanol–water partition coefficient (Wildman–Crippen LogP) is 0.909. The van der Waals surface area contributed by atoms with Crippen LogP contribution >= 0.6 is 0 Å². The summed E-state index contributed by atoms with van der Waals surface area (Å²) in [4.78, 5) is 25.2. The molecule has 0 saturated heterocycles. The number of aromatic nitrogens is 2. The fourth-order valence-electron chi connectivity index (χ4n) is 1.97. The third kappa shape index (κ3) is 2.79. The fourth-order valence-corrected chi connectivity index (χ4v) is 1.97. The second-order valence-electron chi connectivity index (χ2n) is 4.53. The highest BCUT2D eigenvalue weighted by Gasteiger charge is 2.09. The lowest BCUT2D eigenvalue weighted by Crippen LogP contribution is -2.34. The van der Waals surface area contributed by atoms with Crippen molar-refractivity contribution in [3.05, 3.63) is 55.9 Å². The summed E-state index contributed by atoms with van der Waals surface area (Å²) < 4.78 is 6.24. The van der Waals surface area contributed by atoms with E-state index >= 15 is 0 Å². The second kappa shape index (κ2) is 5.54. The number of H-pyrrole nitrogens is 1. The lowest BCUT2D eigenvalue weighted by Gasteiger charge is -2.15. The topological polar surface area (TPSA) is 99.9 Å². The van der Waals surface area contributed by atoms with Gasteiger partial charge in [0.25, 0.3) is 5.56 Å². The Bertz CT molecular complexity index is 820. The van der Waals surface area contributed by atoms with Gasteiger partial charge in [0.15, 0.2) is 0 Å². The summed E-state index contributed by atoms with van der Waals surface area (Å²) >= 11 is 0. The zero-order valence-corrected chi connectivity index (χ0v) is 11.9. The first-order valence-electron chi connectivity index (χ1n) is 6.14. The van der Waals surface area contributed by atoms with Crippen LogP contribution in [0.4, 0.5) is 5.69 Å². The molecule has 0 fully saturated rings. The maximum absolute atomic E-state index is 11.8. The minimum atomic E-state index is -0.705. The molecule has 0 aliphatic rings. The molecule has 0 radical (unpaired) electrons. The maximum atomic E-state index is 11.8. The third-order valence-electron chi connectivity index (χ3n) is 3.04. The van der Waals surface area contributed by atoms with Crippen LogP contribution in [-0.4, -0.2) is 16.8 Å². The largest absolute Gasteiger partial charge is 0.497 e. The Labute approximate surface area is 120 Å². The molecule has 7 heteroatoms. The highest BCUT2D eigenvalue weighted by molar-refractivity contribution is 5.59. The molecule has 0 spiro atoms. The summed E-state index contributed by atoms with van der Waals surface area (Å²) in [5.74, 6) is 0.710. The van der Waals surface area contributed by atoms with Crippen LogP contribution in [0.1, 0.15) is 16.7 Å². The number of aromatic amines is 1. The Morgan fingerprint density at radius 3 is 2.43 bits per heavy atom. The van der Waals surface area contributed by atoms with Crippen LogP contribution in [0.2, 0.25) is 0 Å². The van der Waals surface area contributed by atoms with Crippen LogP contribution < -0.4 is 21.4 Å². The van der Waals surface area contributed by atoms with E-state index in [4.69, 9.17) is 10.00 Å². The van der Waals surface area contributed by atoms with E-state index in [0.29, 0.717) is 11.4 Å². The Morgan fingerprint density at radius 2 is 1.90 bits per heavy atom. The van der Waals surface area contributed by atoms with Crippen molar-refractivity contribution < 1.29 is 4.74 Å². The number of ether oxygens (including phenoxy) is 1. The zero-order valence-electron chi connectivity index (χ0n) is 11.9. The quantitative estimate of drug-likeness (QED) is 0.873. The molecule has 7 nitrogen and oxygen atoms in total. The highest BCUT2D eigenvalue weighted by atomic mass is 16.5. The number of hydrogen-bond acceptors (Lipinski definition) is 5. The number of rotatable bonds is 3. The monoisotopic (exact) mass is 286 g/mol. The smallest absolute Gasteiger partial charge is 0.347 e. The predicted molar refractivity (Wildman–Crippen MR) is 77.5 cm³/mol. The zero-order chi connectivity index (χ0) is 15.6. The van der Waals surface area contributed by atoms with Gasteiger partial charge in [0.05, 0.1) is 19.0 Å². The molecule has 0 unspecified atom stereocenters. The molecule has 1 aromatic heterocycles. The Balaban J connectivity index is 2.51. The molecule has 0 amide bonds. The molecule has 0 aliphatic carbocycles. The minimum Gasteiger partial charge on any atom is -0.497 e. The van der Waals surface area contributed by atoms with Gasteiger partial charge in [-0.1, -0.05) is 0 Å². The average molecular weight is 286 g/mol. The number of anilines is 1. The molecule has 2 rings (SSSR count). The van der Waals surface area contributed by atoms with E-state index in [1.54, 1.807) is 13.2 Å². The lowest BCUT2D eigenvalue weighted by molar-refractivity contribution is 0.414. The molecular weight excluding hydrogens is 272 g/mol. The molecule has 1 heterocycles. The van der Waals surface area contributed by atoms with Gasteiger partial charge in [0, 0.05) is 0 Å². The molecule has 108 valence electrons. The molecule has 21 heavy (non-hydrogen) atoms. The fraction of sp³-hybridized carbons (Fsp3) is 0.214. The number of aryl methyl sites for hydroxylation is 2. The summed E-state index contributed by atoms with van der Waals surface area (Å²) in [6, 6.07) is 5.37. The van der Waals surface area contributed by atoms with Gasteiger partial charge in [-0.2, -0.15) is 5.26 Å². The van der Waals surface area contributed by atoms with Gasteiger partial charge in [-0.05, 0) is 37.1 Å². The number of benzene rings is 1. The molecule has 0 saturated carbocycles. The number of nitrogens with one attached hydrogen (secondary N) is 2. The van der Waals surface area contributed by atoms with Gasteiger partial charge in [-0.3, -0.25) is 15.2 Å². The van der Waals surface area contributed by atoms with Gasteiger partial charge < -0.3 is 4.74 Å². The van der Waals surface area contributed by atoms with Crippen LogP contribution in [0.15, 0.2) is 27.9 Å². The molecule has 0 aliphatic heterocycles. The van der Waals surface area contributed by atoms with Gasteiger partial charge in [0.2, 0.25) is 0 Å². The minimum absolute atomic E-state index is 0.147. The van der Waals surface area contributed by atoms with Crippen LogP contribution in [0, 0.1) is 25.2 Å². The van der Waals surface area contributed by atoms with E-state index in [2.05, 4.69) is 10.4 Å². The van der Waals surface area contributed by atoms with Crippen molar-refractivity contribution in [3.63, 3.8) is 0 Å². The average Bonchev–Trinajstić information content (AvgIpc) is 2.44. The van der Waals surface area contributed by atoms with Crippen molar-refractivity contribution in [1.82, 2.24) is 9.66 Å². The standard InChI is InChI=1S/C14H14N4O3/c1-8-4-11(21-3)5-9(2)12(8)17-18-7-10(6-15)13(19)16-14(18)20/h4-5,7,17H,1-3H3,(H,16,19,20). The SMILES string of the molecule is COc1cc(C)c(Nn2cc(C#N)c(=O)[nH]c2=O)c(C)c1. The molecule has 2 N–H and O–H groups in total. The van der Waals surface area contributed by atoms with Crippen molar-refractivity contribution in [3.8, 4) is 11.8 Å². The van der Waals surface area contributed by atoms with Gasteiger partial charge >= 0.3 is 5.69 Å². The highest BCUT2D eigenvalue weighted by Crippen LogP contribution is 2.25. The first-order chi connectivity index (χ1) is 9.96. The van der Waals surface area contributed by atoms with E-state index < -0.39 is 11.2 Å². The maximum Gasteiger partial charge on any atom is 0.347 e. The Morgan fingerprint density at radius 1 is 1.29 bits per heavy atom. The third-order valence-corrected chi connectivity index (χ3v) is 3.04. The molecule has 0 bridgehead atoms. The first-order valence-corrected chi connectivity index (χ1v) is 6.14. The van der Waals surface area contributed by atoms with E-state index in [9.17, 15) is 9.59 Å². The van der Waals surface area contributed by atoms with Crippen molar-refractivity contribution in [2.75, 3.05) is 12.5 Å². The number of methoxy groups -OCH3 is 1. The first kappa shape index (κ1) is 14.4. The van der Waals surface area contributed by atoms with E-state index in [-0.39, 0.29) is 5.56 Å². The second-order valence-corrected chi connectivity index (χ2v) is 4.53. The van der Waals surface area contributed by atoms with Gasteiger partial charge in [-0.15, -0.1) is 0 Å². The summed E-state index contributed by atoms with van der Waals surface area (Å²) in [5.41, 5.74) is 3.82. The van der Waals surface area contributed by atoms with Crippen molar-refractivity contribution in [2.45, 2.75) is 13.8 Å². The van der Waals surface area contributed by atoms with Gasteiger partial charge in [0.1, 0.15) is 17.4 Å². The van der Waals surface area contributed by atoms with Gasteiger partial charge in [-0.25, -0.2) is 9.47 Å². The van der Waals surface area contributed by atoms with E-state index in [0.717, 1.165) is 15.8 Å².